The molecule has 1 aliphatic heterocycles. The average molecular weight is 414 g/mol. The zero-order valence-electron chi connectivity index (χ0n) is 17.6. The van der Waals surface area contributed by atoms with Crippen LogP contribution in [0.4, 0.5) is 0 Å². The van der Waals surface area contributed by atoms with Gasteiger partial charge in [-0.1, -0.05) is 24.3 Å². The number of hydrogen-bond donors (Lipinski definition) is 0. The summed E-state index contributed by atoms with van der Waals surface area (Å²) in [4.78, 5) is 19.3. The lowest BCUT2D eigenvalue weighted by atomic mass is 9.92. The molecule has 158 valence electrons. The van der Waals surface area contributed by atoms with E-state index in [9.17, 15) is 4.79 Å². The molecule has 5 heteroatoms. The van der Waals surface area contributed by atoms with Gasteiger partial charge in [0.2, 0.25) is 0 Å². The molecule has 5 nitrogen and oxygen atoms in total. The summed E-state index contributed by atoms with van der Waals surface area (Å²) in [5.74, 6) is 0.739. The highest BCUT2D eigenvalue weighted by atomic mass is 16.3. The maximum Gasteiger partial charge on any atom is 0.253 e. The molecular weight excluding hydrogens is 386 g/mol. The summed E-state index contributed by atoms with van der Waals surface area (Å²) < 4.78 is 7.57. The molecule has 3 heterocycles. The predicted molar refractivity (Wildman–Crippen MR) is 121 cm³/mol. The molecule has 1 atom stereocenters. The topological polar surface area (TPSA) is 51.3 Å². The van der Waals surface area contributed by atoms with Crippen molar-refractivity contribution in [1.82, 2.24) is 14.5 Å². The monoisotopic (exact) mass is 413 g/mol. The van der Waals surface area contributed by atoms with Crippen LogP contribution in [0.2, 0.25) is 0 Å². The van der Waals surface area contributed by atoms with Crippen molar-refractivity contribution in [2.24, 2.45) is 5.92 Å². The summed E-state index contributed by atoms with van der Waals surface area (Å²) >= 11 is 0. The number of carbonyl (C=O) groups is 1. The van der Waals surface area contributed by atoms with E-state index in [1.54, 1.807) is 18.8 Å². The van der Waals surface area contributed by atoms with Crippen LogP contribution in [0.1, 0.15) is 40.7 Å². The number of benzene rings is 2. The van der Waals surface area contributed by atoms with Crippen LogP contribution >= 0.6 is 0 Å². The maximum absolute atomic E-state index is 13.2. The molecule has 5 rings (SSSR count). The molecule has 1 unspecified atom stereocenters. The predicted octanol–water partition coefficient (Wildman–Crippen LogP) is 5.16. The van der Waals surface area contributed by atoms with E-state index < -0.39 is 0 Å². The first-order valence-electron chi connectivity index (χ1n) is 11.0. The molecule has 0 N–H and O–H groups in total. The lowest BCUT2D eigenvalue weighted by Crippen LogP contribution is -2.32. The number of likely N-dealkylation sites (tertiary alicyclic amines) is 1. The smallest absolute Gasteiger partial charge is 0.253 e. The quantitative estimate of drug-likeness (QED) is 0.454. The second-order valence-electron chi connectivity index (χ2n) is 8.52. The minimum atomic E-state index is 0.144. The minimum absolute atomic E-state index is 0.144. The van der Waals surface area contributed by atoms with Gasteiger partial charge in [0.1, 0.15) is 5.58 Å². The van der Waals surface area contributed by atoms with Crippen molar-refractivity contribution in [3.63, 3.8) is 0 Å². The highest BCUT2D eigenvalue weighted by molar-refractivity contribution is 5.94. The molecule has 0 radical (unpaired) electrons. The third kappa shape index (κ3) is 4.55. The largest absolute Gasteiger partial charge is 0.464 e. The van der Waals surface area contributed by atoms with Gasteiger partial charge in [0.15, 0.2) is 0 Å². The van der Waals surface area contributed by atoms with Crippen LogP contribution < -0.4 is 0 Å². The Hall–Kier alpha value is -3.34. The Morgan fingerprint density at radius 2 is 2.03 bits per heavy atom. The van der Waals surface area contributed by atoms with Crippen LogP contribution in [0.25, 0.3) is 11.0 Å². The molecule has 0 saturated carbocycles. The molecule has 31 heavy (non-hydrogen) atoms. The van der Waals surface area contributed by atoms with E-state index in [2.05, 4.69) is 29.2 Å². The van der Waals surface area contributed by atoms with Crippen LogP contribution in [-0.4, -0.2) is 33.4 Å². The molecule has 4 aromatic rings. The zero-order chi connectivity index (χ0) is 21.0. The van der Waals surface area contributed by atoms with Gasteiger partial charge in [-0.3, -0.25) is 4.79 Å². The maximum atomic E-state index is 13.2. The molecule has 2 aromatic heterocycles. The van der Waals surface area contributed by atoms with E-state index in [4.69, 9.17) is 4.42 Å². The molecular formula is C26H27N3O2. The lowest BCUT2D eigenvalue weighted by Gasteiger charge is -2.21. The van der Waals surface area contributed by atoms with Gasteiger partial charge in [0.25, 0.3) is 5.91 Å². The standard InChI is InChI=1S/C26H27N3O2/c30-26(24-5-1-3-22(16-24)18-28-13-10-27-19-28)29-11-2-4-20(8-12-29)15-21-6-7-23-9-14-31-25(23)17-21/h1,3,5-7,9-10,13-14,16-17,19-20H,2,4,8,11-12,15,18H2. The van der Waals surface area contributed by atoms with Gasteiger partial charge in [0.05, 0.1) is 12.6 Å². The number of nitrogens with zero attached hydrogens (tertiary/aromatic N) is 3. The number of hydrogen-bond acceptors (Lipinski definition) is 3. The first-order chi connectivity index (χ1) is 15.2. The summed E-state index contributed by atoms with van der Waals surface area (Å²) in [7, 11) is 0. The number of rotatable bonds is 5. The van der Waals surface area contributed by atoms with Crippen LogP contribution in [0.3, 0.4) is 0 Å². The summed E-state index contributed by atoms with van der Waals surface area (Å²) in [5, 5.41) is 1.15. The van der Waals surface area contributed by atoms with Crippen LogP contribution in [0.5, 0.6) is 0 Å². The molecule has 1 saturated heterocycles. The van der Waals surface area contributed by atoms with Crippen molar-refractivity contribution in [1.29, 1.82) is 0 Å². The second kappa shape index (κ2) is 8.80. The summed E-state index contributed by atoms with van der Waals surface area (Å²) in [6.07, 6.45) is 11.5. The number of amides is 1. The Kier molecular flexibility index (Phi) is 5.57. The van der Waals surface area contributed by atoms with Crippen molar-refractivity contribution in [2.45, 2.75) is 32.2 Å². The molecule has 1 aliphatic rings. The van der Waals surface area contributed by atoms with E-state index in [-0.39, 0.29) is 5.91 Å². The fraction of sp³-hybridized carbons (Fsp3) is 0.308. The van der Waals surface area contributed by atoms with Crippen LogP contribution in [0.15, 0.2) is 77.9 Å². The molecule has 2 aromatic carbocycles. The summed E-state index contributed by atoms with van der Waals surface area (Å²) in [5.41, 5.74) is 4.17. The van der Waals surface area contributed by atoms with Crippen molar-refractivity contribution in [3.8, 4) is 0 Å². The van der Waals surface area contributed by atoms with Crippen molar-refractivity contribution < 1.29 is 9.21 Å². The van der Waals surface area contributed by atoms with Gasteiger partial charge >= 0.3 is 0 Å². The van der Waals surface area contributed by atoms with E-state index in [0.29, 0.717) is 5.92 Å². The Morgan fingerprint density at radius 3 is 2.94 bits per heavy atom. The number of furan rings is 1. The Balaban J connectivity index is 1.22. The van der Waals surface area contributed by atoms with Gasteiger partial charge < -0.3 is 13.9 Å². The number of imidazole rings is 1. The van der Waals surface area contributed by atoms with E-state index in [0.717, 1.165) is 67.4 Å². The zero-order valence-corrected chi connectivity index (χ0v) is 17.6. The number of fused-ring (bicyclic) bond motifs is 1. The van der Waals surface area contributed by atoms with Gasteiger partial charge in [-0.25, -0.2) is 4.98 Å². The van der Waals surface area contributed by atoms with E-state index in [1.807, 2.05) is 39.9 Å². The SMILES string of the molecule is O=C(c1cccc(Cn2ccnc2)c1)N1CCCC(Cc2ccc3ccoc3c2)CC1. The summed E-state index contributed by atoms with van der Waals surface area (Å²) in [6.45, 7) is 2.37. The average Bonchev–Trinajstić information content (AvgIpc) is 3.41. The third-order valence-electron chi connectivity index (χ3n) is 6.28. The molecule has 0 spiro atoms. The Bertz CT molecular complexity index is 1160. The highest BCUT2D eigenvalue weighted by Gasteiger charge is 2.22. The molecule has 0 aliphatic carbocycles. The molecule has 1 fully saturated rings. The number of carbonyl (C=O) groups excluding carboxylic acids is 1. The molecule has 1 amide bonds. The minimum Gasteiger partial charge on any atom is -0.464 e. The van der Waals surface area contributed by atoms with Crippen LogP contribution in [-0.2, 0) is 13.0 Å². The van der Waals surface area contributed by atoms with E-state index >= 15 is 0 Å². The Labute approximate surface area is 182 Å². The number of aromatic nitrogens is 2. The van der Waals surface area contributed by atoms with E-state index in [1.165, 1.54) is 5.56 Å². The fourth-order valence-corrected chi connectivity index (χ4v) is 4.61. The van der Waals surface area contributed by atoms with Gasteiger partial charge in [-0.2, -0.15) is 0 Å². The second-order valence-corrected chi connectivity index (χ2v) is 8.52. The highest BCUT2D eigenvalue weighted by Crippen LogP contribution is 2.25. The van der Waals surface area contributed by atoms with Gasteiger partial charge in [0, 0.05) is 43.0 Å². The van der Waals surface area contributed by atoms with Crippen LogP contribution in [0, 0.1) is 5.92 Å². The third-order valence-corrected chi connectivity index (χ3v) is 6.28. The summed E-state index contributed by atoms with van der Waals surface area (Å²) in [6, 6.07) is 16.5. The first kappa shape index (κ1) is 19.6. The lowest BCUT2D eigenvalue weighted by molar-refractivity contribution is 0.0760. The first-order valence-corrected chi connectivity index (χ1v) is 11.0. The van der Waals surface area contributed by atoms with Crippen molar-refractivity contribution in [2.75, 3.05) is 13.1 Å². The fourth-order valence-electron chi connectivity index (χ4n) is 4.61. The van der Waals surface area contributed by atoms with Gasteiger partial charge in [-0.15, -0.1) is 0 Å². The Morgan fingerprint density at radius 1 is 1.06 bits per heavy atom. The normalized spacial score (nSPS) is 17.0. The van der Waals surface area contributed by atoms with Gasteiger partial charge in [-0.05, 0) is 67.0 Å². The van der Waals surface area contributed by atoms with Crippen molar-refractivity contribution in [3.05, 3.63) is 90.2 Å². The van der Waals surface area contributed by atoms with Crippen molar-refractivity contribution >= 4 is 16.9 Å². The molecule has 0 bridgehead atoms.